The smallest absolute Gasteiger partial charge is 0.303 e. The zero-order valence-electron chi connectivity index (χ0n) is 11.6. The molecule has 1 unspecified atom stereocenters. The number of halogens is 1. The summed E-state index contributed by atoms with van der Waals surface area (Å²) in [5, 5.41) is 8.73. The number of carboxylic acids is 1. The standard InChI is InChI=1S/C15H18ClNO3S/c16-13-6-4-12(21-13)5-7-14(18)17-9-1-2-11(10-17)3-8-15(19)20/h4-7,11H,1-3,8-10H2,(H,19,20). The minimum atomic E-state index is -0.770. The fraction of sp³-hybridized carbons (Fsp3) is 0.467. The summed E-state index contributed by atoms with van der Waals surface area (Å²) in [5.74, 6) is -0.490. The molecule has 0 aromatic carbocycles. The van der Waals surface area contributed by atoms with Gasteiger partial charge in [-0.1, -0.05) is 11.6 Å². The van der Waals surface area contributed by atoms with Crippen LogP contribution < -0.4 is 0 Å². The van der Waals surface area contributed by atoms with E-state index in [1.807, 2.05) is 11.0 Å². The van der Waals surface area contributed by atoms with E-state index >= 15 is 0 Å². The first-order valence-electron chi connectivity index (χ1n) is 6.98. The topological polar surface area (TPSA) is 57.6 Å². The van der Waals surface area contributed by atoms with Crippen LogP contribution in [0.3, 0.4) is 0 Å². The Bertz CT molecular complexity index is 541. The van der Waals surface area contributed by atoms with E-state index < -0.39 is 5.97 Å². The Morgan fingerprint density at radius 3 is 2.95 bits per heavy atom. The van der Waals surface area contributed by atoms with Crippen LogP contribution in [0.5, 0.6) is 0 Å². The lowest BCUT2D eigenvalue weighted by atomic mass is 9.93. The van der Waals surface area contributed by atoms with Crippen LogP contribution in [0.4, 0.5) is 0 Å². The Labute approximate surface area is 133 Å². The molecule has 4 nitrogen and oxygen atoms in total. The molecule has 0 saturated carbocycles. The first-order chi connectivity index (χ1) is 10.0. The van der Waals surface area contributed by atoms with Crippen molar-refractivity contribution in [3.8, 4) is 0 Å². The number of piperidine rings is 1. The zero-order valence-corrected chi connectivity index (χ0v) is 13.2. The third-order valence-electron chi connectivity index (χ3n) is 3.58. The second-order valence-electron chi connectivity index (χ2n) is 5.20. The Hall–Kier alpha value is -1.33. The van der Waals surface area contributed by atoms with Crippen LogP contribution in [0.15, 0.2) is 18.2 Å². The molecular formula is C15H18ClNO3S. The highest BCUT2D eigenvalue weighted by Gasteiger charge is 2.22. The van der Waals surface area contributed by atoms with E-state index in [0.29, 0.717) is 23.2 Å². The van der Waals surface area contributed by atoms with Crippen LogP contribution in [0.2, 0.25) is 4.34 Å². The van der Waals surface area contributed by atoms with Crippen LogP contribution in [0, 0.1) is 5.92 Å². The molecule has 0 spiro atoms. The Morgan fingerprint density at radius 2 is 2.29 bits per heavy atom. The van der Waals surface area contributed by atoms with E-state index in [1.165, 1.54) is 11.3 Å². The van der Waals surface area contributed by atoms with Crippen molar-refractivity contribution in [1.29, 1.82) is 0 Å². The maximum absolute atomic E-state index is 12.2. The van der Waals surface area contributed by atoms with Gasteiger partial charge >= 0.3 is 5.97 Å². The van der Waals surface area contributed by atoms with Gasteiger partial charge in [-0.15, -0.1) is 11.3 Å². The van der Waals surface area contributed by atoms with Gasteiger partial charge in [-0.05, 0) is 43.4 Å². The lowest BCUT2D eigenvalue weighted by Gasteiger charge is -2.31. The van der Waals surface area contributed by atoms with Crippen molar-refractivity contribution >= 4 is 40.9 Å². The molecule has 0 radical (unpaired) electrons. The predicted molar refractivity (Wildman–Crippen MR) is 84.5 cm³/mol. The third-order valence-corrected chi connectivity index (χ3v) is 4.78. The first kappa shape index (κ1) is 16.0. The van der Waals surface area contributed by atoms with E-state index in [4.69, 9.17) is 16.7 Å². The molecule has 2 rings (SSSR count). The molecule has 1 saturated heterocycles. The summed E-state index contributed by atoms with van der Waals surface area (Å²) in [7, 11) is 0. The van der Waals surface area contributed by atoms with Gasteiger partial charge in [-0.25, -0.2) is 0 Å². The van der Waals surface area contributed by atoms with Gasteiger partial charge in [-0.3, -0.25) is 9.59 Å². The minimum absolute atomic E-state index is 0.0143. The third kappa shape index (κ3) is 5.17. The van der Waals surface area contributed by atoms with Gasteiger partial charge in [0.05, 0.1) is 4.34 Å². The molecule has 0 bridgehead atoms. The van der Waals surface area contributed by atoms with Gasteiger partial charge in [0, 0.05) is 30.5 Å². The van der Waals surface area contributed by atoms with Gasteiger partial charge < -0.3 is 10.0 Å². The number of likely N-dealkylation sites (tertiary alicyclic amines) is 1. The molecular weight excluding hydrogens is 310 g/mol. The molecule has 114 valence electrons. The molecule has 1 aromatic heterocycles. The average Bonchev–Trinajstić information content (AvgIpc) is 2.88. The Kier molecular flexibility index (Phi) is 5.82. The molecule has 1 atom stereocenters. The van der Waals surface area contributed by atoms with Gasteiger partial charge in [0.2, 0.25) is 5.91 Å². The van der Waals surface area contributed by atoms with Gasteiger partial charge in [0.1, 0.15) is 0 Å². The molecule has 1 aliphatic heterocycles. The fourth-order valence-electron chi connectivity index (χ4n) is 2.51. The molecule has 21 heavy (non-hydrogen) atoms. The number of rotatable bonds is 5. The minimum Gasteiger partial charge on any atom is -0.481 e. The summed E-state index contributed by atoms with van der Waals surface area (Å²) < 4.78 is 0.703. The number of carboxylic acid groups (broad SMARTS) is 1. The summed E-state index contributed by atoms with van der Waals surface area (Å²) in [6, 6.07) is 3.68. The van der Waals surface area contributed by atoms with Crippen molar-refractivity contribution in [3.05, 3.63) is 27.4 Å². The quantitative estimate of drug-likeness (QED) is 0.842. The predicted octanol–water partition coefficient (Wildman–Crippen LogP) is 3.52. The summed E-state index contributed by atoms with van der Waals surface area (Å²) >= 11 is 7.28. The van der Waals surface area contributed by atoms with Crippen molar-refractivity contribution in [3.63, 3.8) is 0 Å². The van der Waals surface area contributed by atoms with Crippen LogP contribution in [-0.2, 0) is 9.59 Å². The van der Waals surface area contributed by atoms with E-state index in [-0.39, 0.29) is 12.3 Å². The van der Waals surface area contributed by atoms with Crippen molar-refractivity contribution in [2.24, 2.45) is 5.92 Å². The molecule has 2 heterocycles. The summed E-state index contributed by atoms with van der Waals surface area (Å²) in [4.78, 5) is 25.5. The number of thiophene rings is 1. The molecule has 1 N–H and O–H groups in total. The van der Waals surface area contributed by atoms with Gasteiger partial charge in [0.15, 0.2) is 0 Å². The summed E-state index contributed by atoms with van der Waals surface area (Å²) in [5.41, 5.74) is 0. The SMILES string of the molecule is O=C(O)CCC1CCCN(C(=O)C=Cc2ccc(Cl)s2)C1. The monoisotopic (exact) mass is 327 g/mol. The van der Waals surface area contributed by atoms with Crippen LogP contribution in [0.1, 0.15) is 30.6 Å². The van der Waals surface area contributed by atoms with Crippen LogP contribution in [-0.4, -0.2) is 35.0 Å². The lowest BCUT2D eigenvalue weighted by Crippen LogP contribution is -2.39. The first-order valence-corrected chi connectivity index (χ1v) is 8.18. The second-order valence-corrected chi connectivity index (χ2v) is 6.95. The van der Waals surface area contributed by atoms with E-state index in [1.54, 1.807) is 18.2 Å². The maximum atomic E-state index is 12.2. The molecule has 1 aliphatic rings. The van der Waals surface area contributed by atoms with Gasteiger partial charge in [0.25, 0.3) is 0 Å². The highest BCUT2D eigenvalue weighted by Crippen LogP contribution is 2.23. The number of aliphatic carboxylic acids is 1. The van der Waals surface area contributed by atoms with E-state index in [2.05, 4.69) is 0 Å². The van der Waals surface area contributed by atoms with Crippen molar-refractivity contribution in [2.75, 3.05) is 13.1 Å². The number of nitrogens with zero attached hydrogens (tertiary/aromatic N) is 1. The number of hydrogen-bond acceptors (Lipinski definition) is 3. The summed E-state index contributed by atoms with van der Waals surface area (Å²) in [6.45, 7) is 1.40. The largest absolute Gasteiger partial charge is 0.481 e. The maximum Gasteiger partial charge on any atom is 0.303 e. The molecule has 6 heteroatoms. The normalized spacial score (nSPS) is 19.1. The second kappa shape index (κ2) is 7.61. The molecule has 1 fully saturated rings. The molecule has 1 aromatic rings. The molecule has 1 amide bonds. The summed E-state index contributed by atoms with van der Waals surface area (Å²) in [6.07, 6.45) is 6.11. The highest BCUT2D eigenvalue weighted by molar-refractivity contribution is 7.17. The number of carbonyl (C=O) groups is 2. The Morgan fingerprint density at radius 1 is 1.48 bits per heavy atom. The van der Waals surface area contributed by atoms with Crippen molar-refractivity contribution in [2.45, 2.75) is 25.7 Å². The molecule has 0 aliphatic carbocycles. The average molecular weight is 328 g/mol. The zero-order chi connectivity index (χ0) is 15.2. The lowest BCUT2D eigenvalue weighted by molar-refractivity contribution is -0.137. The highest BCUT2D eigenvalue weighted by atomic mass is 35.5. The fourth-order valence-corrected chi connectivity index (χ4v) is 3.47. The number of amides is 1. The van der Waals surface area contributed by atoms with Crippen molar-refractivity contribution in [1.82, 2.24) is 4.90 Å². The number of hydrogen-bond donors (Lipinski definition) is 1. The van der Waals surface area contributed by atoms with Crippen LogP contribution >= 0.6 is 22.9 Å². The van der Waals surface area contributed by atoms with Gasteiger partial charge in [-0.2, -0.15) is 0 Å². The number of carbonyl (C=O) groups excluding carboxylic acids is 1. The van der Waals surface area contributed by atoms with E-state index in [0.717, 1.165) is 24.3 Å². The van der Waals surface area contributed by atoms with Crippen molar-refractivity contribution < 1.29 is 14.7 Å². The Balaban J connectivity index is 1.86. The van der Waals surface area contributed by atoms with E-state index in [9.17, 15) is 9.59 Å². The van der Waals surface area contributed by atoms with Crippen LogP contribution in [0.25, 0.3) is 6.08 Å².